The van der Waals surface area contributed by atoms with Gasteiger partial charge < -0.3 is 10.2 Å². The minimum Gasteiger partial charge on any atom is -0.347 e. The molecule has 1 fully saturated rings. The van der Waals surface area contributed by atoms with Crippen LogP contribution in [0.2, 0.25) is 0 Å². The van der Waals surface area contributed by atoms with Gasteiger partial charge in [-0.2, -0.15) is 0 Å². The van der Waals surface area contributed by atoms with Gasteiger partial charge in [-0.05, 0) is 12.8 Å². The van der Waals surface area contributed by atoms with Crippen molar-refractivity contribution in [2.75, 3.05) is 33.7 Å². The van der Waals surface area contributed by atoms with Crippen LogP contribution in [0, 0.1) is 0 Å². The molecule has 0 aromatic rings. The van der Waals surface area contributed by atoms with Crippen LogP contribution in [-0.2, 0) is 4.79 Å². The molecule has 1 atom stereocenters. The summed E-state index contributed by atoms with van der Waals surface area (Å²) in [6, 6.07) is 0.560. The van der Waals surface area contributed by atoms with E-state index in [-0.39, 0.29) is 11.9 Å². The molecule has 94 valence electrons. The molecule has 0 aromatic carbocycles. The average Bonchev–Trinajstić information content (AvgIpc) is 2.30. The Morgan fingerprint density at radius 3 is 2.56 bits per heavy atom. The molecule has 1 amide bonds. The molecule has 0 aromatic heterocycles. The zero-order valence-electron chi connectivity index (χ0n) is 11.0. The number of nitrogens with one attached hydrogen (secondary N) is 1. The second-order valence-corrected chi connectivity index (χ2v) is 4.66. The summed E-state index contributed by atoms with van der Waals surface area (Å²) in [7, 11) is 3.67. The summed E-state index contributed by atoms with van der Waals surface area (Å²) in [6.45, 7) is 7.17. The average molecular weight is 227 g/mol. The van der Waals surface area contributed by atoms with E-state index in [9.17, 15) is 4.79 Å². The van der Waals surface area contributed by atoms with Gasteiger partial charge in [-0.1, -0.05) is 13.8 Å². The van der Waals surface area contributed by atoms with E-state index in [0.717, 1.165) is 32.5 Å². The van der Waals surface area contributed by atoms with Crippen molar-refractivity contribution in [1.82, 2.24) is 15.1 Å². The lowest BCUT2D eigenvalue weighted by Crippen LogP contribution is -2.60. The van der Waals surface area contributed by atoms with Crippen molar-refractivity contribution in [3.63, 3.8) is 0 Å². The molecule has 0 radical (unpaired) electrons. The molecule has 0 aliphatic carbocycles. The maximum Gasteiger partial charge on any atom is 0.240 e. The van der Waals surface area contributed by atoms with Gasteiger partial charge in [0.2, 0.25) is 5.91 Å². The molecule has 1 saturated heterocycles. The molecule has 1 aliphatic rings. The number of carbonyl (C=O) groups excluding carboxylic acids is 1. The minimum atomic E-state index is 0.0219. The topological polar surface area (TPSA) is 35.6 Å². The van der Waals surface area contributed by atoms with Crippen molar-refractivity contribution < 1.29 is 4.79 Å². The lowest BCUT2D eigenvalue weighted by atomic mass is 10.0. The summed E-state index contributed by atoms with van der Waals surface area (Å²) < 4.78 is 0. The van der Waals surface area contributed by atoms with Gasteiger partial charge in [0.15, 0.2) is 0 Å². The molecule has 1 unspecified atom stereocenters. The second kappa shape index (κ2) is 6.21. The van der Waals surface area contributed by atoms with Crippen LogP contribution in [0.4, 0.5) is 0 Å². The highest BCUT2D eigenvalue weighted by Crippen LogP contribution is 2.15. The zero-order valence-corrected chi connectivity index (χ0v) is 11.0. The fourth-order valence-corrected chi connectivity index (χ4v) is 2.44. The fourth-order valence-electron chi connectivity index (χ4n) is 2.44. The Morgan fingerprint density at radius 2 is 2.06 bits per heavy atom. The number of rotatable bonds is 4. The Bertz CT molecular complexity index is 226. The largest absolute Gasteiger partial charge is 0.347 e. The van der Waals surface area contributed by atoms with Gasteiger partial charge in [0.1, 0.15) is 6.04 Å². The van der Waals surface area contributed by atoms with Crippen LogP contribution < -0.4 is 5.32 Å². The van der Waals surface area contributed by atoms with Gasteiger partial charge in [-0.3, -0.25) is 9.69 Å². The van der Waals surface area contributed by atoms with Crippen LogP contribution in [0.1, 0.15) is 26.7 Å². The van der Waals surface area contributed by atoms with Crippen molar-refractivity contribution in [3.05, 3.63) is 0 Å². The van der Waals surface area contributed by atoms with E-state index in [2.05, 4.69) is 24.1 Å². The molecular formula is C12H25N3O. The molecule has 16 heavy (non-hydrogen) atoms. The molecule has 1 aliphatic heterocycles. The predicted octanol–water partition coefficient (Wildman–Crippen LogP) is 0.537. The first kappa shape index (κ1) is 13.5. The Kier molecular flexibility index (Phi) is 5.22. The lowest BCUT2D eigenvalue weighted by Gasteiger charge is -2.41. The van der Waals surface area contributed by atoms with Crippen molar-refractivity contribution >= 4 is 5.91 Å². The van der Waals surface area contributed by atoms with Gasteiger partial charge in [-0.25, -0.2) is 0 Å². The predicted molar refractivity (Wildman–Crippen MR) is 66.4 cm³/mol. The third-order valence-corrected chi connectivity index (χ3v) is 3.42. The number of piperazine rings is 1. The third kappa shape index (κ3) is 2.95. The fraction of sp³-hybridized carbons (Fsp3) is 0.917. The Hall–Kier alpha value is -0.610. The highest BCUT2D eigenvalue weighted by atomic mass is 16.2. The summed E-state index contributed by atoms with van der Waals surface area (Å²) in [5, 5.41) is 3.31. The zero-order chi connectivity index (χ0) is 12.1. The van der Waals surface area contributed by atoms with E-state index in [1.807, 2.05) is 14.1 Å². The molecule has 1 rings (SSSR count). The molecule has 1 N–H and O–H groups in total. The van der Waals surface area contributed by atoms with E-state index in [4.69, 9.17) is 0 Å². The number of likely N-dealkylation sites (N-methyl/N-ethyl adjacent to an activating group) is 1. The van der Waals surface area contributed by atoms with Crippen molar-refractivity contribution in [3.8, 4) is 0 Å². The minimum absolute atomic E-state index is 0.0219. The maximum atomic E-state index is 12.1. The highest BCUT2D eigenvalue weighted by Gasteiger charge is 2.32. The number of hydrogen-bond acceptors (Lipinski definition) is 3. The van der Waals surface area contributed by atoms with Crippen molar-refractivity contribution in [2.45, 2.75) is 38.8 Å². The number of carbonyl (C=O) groups is 1. The molecule has 1 heterocycles. The first-order valence-corrected chi connectivity index (χ1v) is 6.29. The number of nitrogens with zero attached hydrogens (tertiary/aromatic N) is 2. The quantitative estimate of drug-likeness (QED) is 0.761. The second-order valence-electron chi connectivity index (χ2n) is 4.66. The summed E-state index contributed by atoms with van der Waals surface area (Å²) in [5.74, 6) is 0.221. The smallest absolute Gasteiger partial charge is 0.240 e. The van der Waals surface area contributed by atoms with E-state index < -0.39 is 0 Å². The Labute approximate surface area is 99.0 Å². The van der Waals surface area contributed by atoms with Crippen LogP contribution in [0.5, 0.6) is 0 Å². The van der Waals surface area contributed by atoms with Crippen LogP contribution in [0.15, 0.2) is 0 Å². The van der Waals surface area contributed by atoms with E-state index >= 15 is 0 Å². The van der Waals surface area contributed by atoms with E-state index in [1.165, 1.54) is 0 Å². The van der Waals surface area contributed by atoms with Gasteiger partial charge in [0.25, 0.3) is 0 Å². The van der Waals surface area contributed by atoms with Crippen molar-refractivity contribution in [1.29, 1.82) is 0 Å². The standard InChI is InChI=1S/C12H25N3O/c1-5-10(6-2)15-8-7-13-9-11(15)12(16)14(3)4/h10-11,13H,5-9H2,1-4H3. The van der Waals surface area contributed by atoms with Gasteiger partial charge >= 0.3 is 0 Å². The van der Waals surface area contributed by atoms with Crippen LogP contribution >= 0.6 is 0 Å². The highest BCUT2D eigenvalue weighted by molar-refractivity contribution is 5.81. The molecule has 0 bridgehead atoms. The summed E-state index contributed by atoms with van der Waals surface area (Å²) in [6.07, 6.45) is 2.24. The normalized spacial score (nSPS) is 22.4. The summed E-state index contributed by atoms with van der Waals surface area (Å²) >= 11 is 0. The summed E-state index contributed by atoms with van der Waals surface area (Å²) in [4.78, 5) is 16.2. The maximum absolute atomic E-state index is 12.1. The van der Waals surface area contributed by atoms with Crippen molar-refractivity contribution in [2.24, 2.45) is 0 Å². The first-order valence-electron chi connectivity index (χ1n) is 6.29. The SMILES string of the molecule is CCC(CC)N1CCNCC1C(=O)N(C)C. The Balaban J connectivity index is 2.74. The molecule has 0 saturated carbocycles. The summed E-state index contributed by atoms with van der Waals surface area (Å²) in [5.41, 5.74) is 0. The third-order valence-electron chi connectivity index (χ3n) is 3.42. The first-order chi connectivity index (χ1) is 7.61. The van der Waals surface area contributed by atoms with Crippen LogP contribution in [-0.4, -0.2) is 61.5 Å². The van der Waals surface area contributed by atoms with Gasteiger partial charge in [-0.15, -0.1) is 0 Å². The molecule has 4 heteroatoms. The number of hydrogen-bond donors (Lipinski definition) is 1. The monoisotopic (exact) mass is 227 g/mol. The van der Waals surface area contributed by atoms with E-state index in [0.29, 0.717) is 6.04 Å². The van der Waals surface area contributed by atoms with Gasteiger partial charge in [0, 0.05) is 39.8 Å². The Morgan fingerprint density at radius 1 is 1.44 bits per heavy atom. The lowest BCUT2D eigenvalue weighted by molar-refractivity contribution is -0.136. The van der Waals surface area contributed by atoms with Crippen LogP contribution in [0.3, 0.4) is 0 Å². The van der Waals surface area contributed by atoms with Crippen LogP contribution in [0.25, 0.3) is 0 Å². The number of amides is 1. The molecule has 0 spiro atoms. The van der Waals surface area contributed by atoms with E-state index in [1.54, 1.807) is 4.90 Å². The molecule has 4 nitrogen and oxygen atoms in total. The molecular weight excluding hydrogens is 202 g/mol. The van der Waals surface area contributed by atoms with Gasteiger partial charge in [0.05, 0.1) is 0 Å².